The van der Waals surface area contributed by atoms with Gasteiger partial charge in [-0.15, -0.1) is 0 Å². The third kappa shape index (κ3) is 1.78. The number of dihydropyridines is 1. The van der Waals surface area contributed by atoms with Crippen LogP contribution < -0.4 is 11.1 Å². The molecule has 3 nitrogen and oxygen atoms in total. The fourth-order valence-electron chi connectivity index (χ4n) is 0.650. The molecule has 52 valence electrons. The fraction of sp³-hybridized carbons (Fsp3) is 0. The summed E-state index contributed by atoms with van der Waals surface area (Å²) in [5, 5.41) is 2.84. The Labute approximate surface area is 58.9 Å². The second-order valence-corrected chi connectivity index (χ2v) is 1.86. The van der Waals surface area contributed by atoms with Gasteiger partial charge in [0.1, 0.15) is 0 Å². The molecule has 1 heterocycles. The van der Waals surface area contributed by atoms with Gasteiger partial charge in [-0.1, -0.05) is 6.08 Å². The van der Waals surface area contributed by atoms with E-state index >= 15 is 0 Å². The molecule has 0 atom stereocenters. The van der Waals surface area contributed by atoms with E-state index in [1.807, 2.05) is 12.2 Å². The highest BCUT2D eigenvalue weighted by Gasteiger charge is 1.92. The number of hydrogen-bond donors (Lipinski definition) is 2. The van der Waals surface area contributed by atoms with Gasteiger partial charge in [0.05, 0.1) is 0 Å². The number of rotatable bonds is 1. The quantitative estimate of drug-likeness (QED) is 0.499. The minimum absolute atomic E-state index is 0.442. The molecule has 10 heavy (non-hydrogen) atoms. The largest absolute Gasteiger partial charge is 0.366 e. The summed E-state index contributed by atoms with van der Waals surface area (Å²) in [5.41, 5.74) is 5.63. The molecule has 0 aliphatic carbocycles. The monoisotopic (exact) mass is 136 g/mol. The number of carbonyl (C=O) groups is 1. The van der Waals surface area contributed by atoms with E-state index in [4.69, 9.17) is 5.73 Å². The van der Waals surface area contributed by atoms with Crippen molar-refractivity contribution in [3.63, 3.8) is 0 Å². The molecule has 3 heteroatoms. The van der Waals surface area contributed by atoms with E-state index in [1.54, 1.807) is 12.3 Å². The number of nitrogens with one attached hydrogen (secondary N) is 1. The predicted octanol–water partition coefficient (Wildman–Crippen LogP) is 0.0287. The molecule has 0 aromatic heterocycles. The van der Waals surface area contributed by atoms with E-state index < -0.39 is 5.91 Å². The summed E-state index contributed by atoms with van der Waals surface area (Å²) in [5.74, 6) is -0.442. The predicted molar refractivity (Wildman–Crippen MR) is 38.7 cm³/mol. The summed E-state index contributed by atoms with van der Waals surface area (Å²) >= 11 is 0. The molecule has 1 rings (SSSR count). The fourth-order valence-corrected chi connectivity index (χ4v) is 0.650. The molecule has 0 unspecified atom stereocenters. The summed E-state index contributed by atoms with van der Waals surface area (Å²) in [6, 6.07) is 0. The Hall–Kier alpha value is -1.51. The van der Waals surface area contributed by atoms with Gasteiger partial charge in [0.25, 0.3) is 0 Å². The van der Waals surface area contributed by atoms with Crippen LogP contribution in [-0.4, -0.2) is 5.91 Å². The van der Waals surface area contributed by atoms with E-state index in [9.17, 15) is 4.79 Å². The second kappa shape index (κ2) is 2.87. The van der Waals surface area contributed by atoms with Crippen LogP contribution in [0, 0.1) is 0 Å². The van der Waals surface area contributed by atoms with E-state index in [2.05, 4.69) is 5.32 Å². The number of primary amides is 1. The first-order valence-corrected chi connectivity index (χ1v) is 2.90. The lowest BCUT2D eigenvalue weighted by atomic mass is 10.3. The molecule has 0 aromatic rings. The Morgan fingerprint density at radius 3 is 2.90 bits per heavy atom. The van der Waals surface area contributed by atoms with Crippen LogP contribution in [0.3, 0.4) is 0 Å². The van der Waals surface area contributed by atoms with Crippen LogP contribution in [0.25, 0.3) is 0 Å². The average Bonchev–Trinajstić information content (AvgIpc) is 1.88. The third-order valence-corrected chi connectivity index (χ3v) is 1.03. The Morgan fingerprint density at radius 2 is 2.40 bits per heavy atom. The maximum absolute atomic E-state index is 10.3. The minimum atomic E-state index is -0.442. The summed E-state index contributed by atoms with van der Waals surface area (Å²) in [7, 11) is 0. The van der Waals surface area contributed by atoms with Gasteiger partial charge in [0, 0.05) is 18.0 Å². The molecule has 0 saturated heterocycles. The molecule has 0 fully saturated rings. The highest BCUT2D eigenvalue weighted by molar-refractivity contribution is 5.87. The van der Waals surface area contributed by atoms with E-state index in [0.29, 0.717) is 0 Å². The lowest BCUT2D eigenvalue weighted by molar-refractivity contribution is -0.113. The average molecular weight is 136 g/mol. The molecular weight excluding hydrogens is 128 g/mol. The van der Waals surface area contributed by atoms with Crippen LogP contribution in [0.2, 0.25) is 0 Å². The highest BCUT2D eigenvalue weighted by atomic mass is 16.1. The van der Waals surface area contributed by atoms with Gasteiger partial charge in [-0.25, -0.2) is 0 Å². The SMILES string of the molecule is NC(=O)/C=C1/C=CC=CN1. The first-order chi connectivity index (χ1) is 4.79. The van der Waals surface area contributed by atoms with Gasteiger partial charge in [0.2, 0.25) is 5.91 Å². The van der Waals surface area contributed by atoms with Gasteiger partial charge in [-0.05, 0) is 12.2 Å². The van der Waals surface area contributed by atoms with Crippen LogP contribution in [0.15, 0.2) is 36.2 Å². The van der Waals surface area contributed by atoms with Crippen LogP contribution in [0.5, 0.6) is 0 Å². The van der Waals surface area contributed by atoms with Crippen LogP contribution in [0.1, 0.15) is 0 Å². The number of amides is 1. The van der Waals surface area contributed by atoms with Crippen molar-refractivity contribution in [3.05, 3.63) is 36.2 Å². The van der Waals surface area contributed by atoms with Crippen molar-refractivity contribution in [3.8, 4) is 0 Å². The Bertz CT molecular complexity index is 226. The highest BCUT2D eigenvalue weighted by Crippen LogP contribution is 1.96. The maximum Gasteiger partial charge on any atom is 0.243 e. The van der Waals surface area contributed by atoms with E-state index in [1.165, 1.54) is 6.08 Å². The molecule has 1 amide bonds. The zero-order chi connectivity index (χ0) is 7.40. The zero-order valence-electron chi connectivity index (χ0n) is 5.37. The maximum atomic E-state index is 10.3. The van der Waals surface area contributed by atoms with Crippen LogP contribution in [0.4, 0.5) is 0 Å². The van der Waals surface area contributed by atoms with Crippen molar-refractivity contribution in [2.45, 2.75) is 0 Å². The zero-order valence-corrected chi connectivity index (χ0v) is 5.37. The van der Waals surface area contributed by atoms with Gasteiger partial charge in [-0.2, -0.15) is 0 Å². The Kier molecular flexibility index (Phi) is 1.89. The first kappa shape index (κ1) is 6.61. The van der Waals surface area contributed by atoms with Crippen molar-refractivity contribution >= 4 is 5.91 Å². The van der Waals surface area contributed by atoms with E-state index in [0.717, 1.165) is 5.70 Å². The molecule has 1 aliphatic heterocycles. The van der Waals surface area contributed by atoms with Crippen molar-refractivity contribution in [1.29, 1.82) is 0 Å². The molecule has 0 aromatic carbocycles. The first-order valence-electron chi connectivity index (χ1n) is 2.90. The summed E-state index contributed by atoms with van der Waals surface area (Å²) < 4.78 is 0. The van der Waals surface area contributed by atoms with Crippen molar-refractivity contribution in [2.75, 3.05) is 0 Å². The molecular formula is C7H8N2O. The molecule has 1 aliphatic rings. The molecule has 0 bridgehead atoms. The topological polar surface area (TPSA) is 55.1 Å². The smallest absolute Gasteiger partial charge is 0.243 e. The summed E-state index contributed by atoms with van der Waals surface area (Å²) in [6.07, 6.45) is 8.49. The number of carbonyl (C=O) groups excluding carboxylic acids is 1. The van der Waals surface area contributed by atoms with Gasteiger partial charge < -0.3 is 11.1 Å². The minimum Gasteiger partial charge on any atom is -0.366 e. The van der Waals surface area contributed by atoms with Crippen molar-refractivity contribution < 1.29 is 4.79 Å². The second-order valence-electron chi connectivity index (χ2n) is 1.86. The van der Waals surface area contributed by atoms with Gasteiger partial charge in [0.15, 0.2) is 0 Å². The van der Waals surface area contributed by atoms with Crippen molar-refractivity contribution in [1.82, 2.24) is 5.32 Å². The third-order valence-electron chi connectivity index (χ3n) is 1.03. The van der Waals surface area contributed by atoms with E-state index in [-0.39, 0.29) is 0 Å². The molecule has 0 saturated carbocycles. The van der Waals surface area contributed by atoms with Crippen molar-refractivity contribution in [2.24, 2.45) is 5.73 Å². The number of hydrogen-bond acceptors (Lipinski definition) is 2. The van der Waals surface area contributed by atoms with Gasteiger partial charge in [-0.3, -0.25) is 4.79 Å². The Morgan fingerprint density at radius 1 is 1.60 bits per heavy atom. The van der Waals surface area contributed by atoms with Gasteiger partial charge >= 0.3 is 0 Å². The molecule has 3 N–H and O–H groups in total. The van der Waals surface area contributed by atoms with Crippen LogP contribution >= 0.6 is 0 Å². The van der Waals surface area contributed by atoms with Crippen LogP contribution in [-0.2, 0) is 4.79 Å². The lowest BCUT2D eigenvalue weighted by Gasteiger charge is -2.02. The summed E-state index contributed by atoms with van der Waals surface area (Å²) in [4.78, 5) is 10.3. The summed E-state index contributed by atoms with van der Waals surface area (Å²) in [6.45, 7) is 0. The standard InChI is InChI=1S/C7H8N2O/c8-7(10)5-6-3-1-2-4-9-6/h1-5,9H,(H2,8,10)/b6-5-. The normalized spacial score (nSPS) is 19.0. The Balaban J connectivity index is 2.67. The number of nitrogens with two attached hydrogens (primary N) is 1. The lowest BCUT2D eigenvalue weighted by Crippen LogP contribution is -2.12. The number of allylic oxidation sites excluding steroid dienone is 3. The molecule has 0 radical (unpaired) electrons. The molecule has 0 spiro atoms.